The van der Waals surface area contributed by atoms with Crippen LogP contribution in [0, 0.1) is 0 Å². The smallest absolute Gasteiger partial charge is 0.257 e. The Morgan fingerprint density at radius 2 is 2.36 bits per heavy atom. The summed E-state index contributed by atoms with van der Waals surface area (Å²) in [6, 6.07) is 5.02. The van der Waals surface area contributed by atoms with E-state index < -0.39 is 0 Å². The van der Waals surface area contributed by atoms with Gasteiger partial charge in [0.1, 0.15) is 0 Å². The van der Waals surface area contributed by atoms with E-state index in [1.165, 1.54) is 7.05 Å². The number of carbonyl (C=O) groups is 1. The van der Waals surface area contributed by atoms with Gasteiger partial charge in [-0.1, -0.05) is 17.7 Å². The Hall–Kier alpha value is -1.42. The number of carbonyl (C=O) groups excluding carboxylic acids is 1. The standard InChI is InChI=1S/C9H11ClN2O2/c1-12-8(13)5-14-9-6(10)3-2-4-7(9)11/h2-4H,5,11H2,1H3,(H,12,13). The number of amides is 1. The van der Waals surface area contributed by atoms with Crippen molar-refractivity contribution in [3.63, 3.8) is 0 Å². The molecule has 3 N–H and O–H groups in total. The summed E-state index contributed by atoms with van der Waals surface area (Å²) in [5.41, 5.74) is 6.03. The SMILES string of the molecule is CNC(=O)COc1c(N)cccc1Cl. The highest BCUT2D eigenvalue weighted by Gasteiger charge is 2.07. The minimum atomic E-state index is -0.232. The molecular formula is C9H11ClN2O2. The fraction of sp³-hybridized carbons (Fsp3) is 0.222. The monoisotopic (exact) mass is 214 g/mol. The van der Waals surface area contributed by atoms with Crippen LogP contribution in [0.5, 0.6) is 5.75 Å². The lowest BCUT2D eigenvalue weighted by Gasteiger charge is -2.09. The number of benzene rings is 1. The third kappa shape index (κ3) is 2.53. The average Bonchev–Trinajstić information content (AvgIpc) is 2.16. The maximum atomic E-state index is 10.9. The van der Waals surface area contributed by atoms with E-state index in [-0.39, 0.29) is 12.5 Å². The van der Waals surface area contributed by atoms with Crippen molar-refractivity contribution in [2.24, 2.45) is 0 Å². The van der Waals surface area contributed by atoms with Gasteiger partial charge in [-0.2, -0.15) is 0 Å². The van der Waals surface area contributed by atoms with Crippen LogP contribution in [0.15, 0.2) is 18.2 Å². The van der Waals surface area contributed by atoms with Crippen LogP contribution in [0.2, 0.25) is 5.02 Å². The van der Waals surface area contributed by atoms with E-state index in [4.69, 9.17) is 22.1 Å². The number of nitrogens with one attached hydrogen (secondary N) is 1. The molecule has 1 rings (SSSR count). The zero-order valence-corrected chi connectivity index (χ0v) is 8.47. The van der Waals surface area contributed by atoms with Gasteiger partial charge in [-0.05, 0) is 12.1 Å². The van der Waals surface area contributed by atoms with Crippen molar-refractivity contribution in [3.05, 3.63) is 23.2 Å². The summed E-state index contributed by atoms with van der Waals surface area (Å²) in [5, 5.41) is 2.82. The molecule has 0 atom stereocenters. The van der Waals surface area contributed by atoms with Crippen molar-refractivity contribution in [2.45, 2.75) is 0 Å². The van der Waals surface area contributed by atoms with Crippen molar-refractivity contribution in [3.8, 4) is 5.75 Å². The number of halogens is 1. The molecule has 0 unspecified atom stereocenters. The summed E-state index contributed by atoms with van der Waals surface area (Å²) < 4.78 is 5.15. The van der Waals surface area contributed by atoms with Gasteiger partial charge >= 0.3 is 0 Å². The van der Waals surface area contributed by atoms with Gasteiger partial charge in [0.2, 0.25) is 0 Å². The molecule has 76 valence electrons. The molecule has 0 fully saturated rings. The Bertz CT molecular complexity index is 321. The Morgan fingerprint density at radius 1 is 1.64 bits per heavy atom. The lowest BCUT2D eigenvalue weighted by atomic mass is 10.3. The molecule has 5 heteroatoms. The molecule has 0 saturated carbocycles. The Kier molecular flexibility index (Phi) is 3.59. The van der Waals surface area contributed by atoms with Crippen molar-refractivity contribution in [2.75, 3.05) is 19.4 Å². The highest BCUT2D eigenvalue weighted by atomic mass is 35.5. The molecule has 0 aromatic heterocycles. The molecule has 0 aliphatic carbocycles. The number of nitrogens with two attached hydrogens (primary N) is 1. The number of anilines is 1. The maximum Gasteiger partial charge on any atom is 0.257 e. The fourth-order valence-electron chi connectivity index (χ4n) is 0.888. The van der Waals surface area contributed by atoms with Crippen LogP contribution in [-0.2, 0) is 4.79 Å². The predicted octanol–water partition coefficient (Wildman–Crippen LogP) is 1.05. The molecule has 4 nitrogen and oxygen atoms in total. The van der Waals surface area contributed by atoms with Crippen LogP contribution >= 0.6 is 11.6 Å². The summed E-state index contributed by atoms with van der Waals surface area (Å²) in [6.07, 6.45) is 0. The normalized spacial score (nSPS) is 9.57. The number of rotatable bonds is 3. The summed E-state index contributed by atoms with van der Waals surface area (Å²) in [6.45, 7) is -0.0928. The summed E-state index contributed by atoms with van der Waals surface area (Å²) in [7, 11) is 1.53. The third-order valence-electron chi connectivity index (χ3n) is 1.62. The van der Waals surface area contributed by atoms with Crippen molar-refractivity contribution < 1.29 is 9.53 Å². The van der Waals surface area contributed by atoms with Crippen LogP contribution in [0.25, 0.3) is 0 Å². The Labute approximate surface area is 87.0 Å². The van der Waals surface area contributed by atoms with Gasteiger partial charge in [-0.15, -0.1) is 0 Å². The molecule has 0 heterocycles. The highest BCUT2D eigenvalue weighted by Crippen LogP contribution is 2.30. The molecule has 0 aliphatic rings. The minimum absolute atomic E-state index is 0.0928. The van der Waals surface area contributed by atoms with Gasteiger partial charge in [0.05, 0.1) is 10.7 Å². The molecular weight excluding hydrogens is 204 g/mol. The van der Waals surface area contributed by atoms with Crippen molar-refractivity contribution in [1.29, 1.82) is 0 Å². The van der Waals surface area contributed by atoms with E-state index in [1.807, 2.05) is 0 Å². The van der Waals surface area contributed by atoms with Crippen LogP contribution in [0.3, 0.4) is 0 Å². The molecule has 0 radical (unpaired) electrons. The average molecular weight is 215 g/mol. The van der Waals surface area contributed by atoms with Gasteiger partial charge in [-0.25, -0.2) is 0 Å². The largest absolute Gasteiger partial charge is 0.480 e. The van der Waals surface area contributed by atoms with E-state index in [2.05, 4.69) is 5.32 Å². The molecule has 1 aromatic carbocycles. The molecule has 14 heavy (non-hydrogen) atoms. The van der Waals surface area contributed by atoms with E-state index in [0.29, 0.717) is 16.5 Å². The summed E-state index contributed by atoms with van der Waals surface area (Å²) in [5.74, 6) is 0.113. The Balaban J connectivity index is 2.71. The Morgan fingerprint density at radius 3 is 2.93 bits per heavy atom. The fourth-order valence-corrected chi connectivity index (χ4v) is 1.12. The summed E-state index contributed by atoms with van der Waals surface area (Å²) in [4.78, 5) is 10.9. The second kappa shape index (κ2) is 4.72. The maximum absolute atomic E-state index is 10.9. The van der Waals surface area contributed by atoms with Gasteiger partial charge in [0.25, 0.3) is 5.91 Å². The van der Waals surface area contributed by atoms with Crippen LogP contribution in [-0.4, -0.2) is 19.6 Å². The number of ether oxygens (including phenoxy) is 1. The zero-order valence-electron chi connectivity index (χ0n) is 7.71. The predicted molar refractivity (Wildman–Crippen MR) is 55.4 cm³/mol. The number of nitrogen functional groups attached to an aromatic ring is 1. The van der Waals surface area contributed by atoms with E-state index in [1.54, 1.807) is 18.2 Å². The van der Waals surface area contributed by atoms with E-state index in [0.717, 1.165) is 0 Å². The third-order valence-corrected chi connectivity index (χ3v) is 1.92. The van der Waals surface area contributed by atoms with Gasteiger partial charge in [-0.3, -0.25) is 4.79 Å². The second-order valence-electron chi connectivity index (χ2n) is 2.62. The number of para-hydroxylation sites is 1. The molecule has 1 aromatic rings. The van der Waals surface area contributed by atoms with Crippen molar-refractivity contribution in [1.82, 2.24) is 5.32 Å². The topological polar surface area (TPSA) is 64.3 Å². The zero-order chi connectivity index (χ0) is 10.6. The summed E-state index contributed by atoms with van der Waals surface area (Å²) >= 11 is 5.82. The van der Waals surface area contributed by atoms with Crippen molar-refractivity contribution >= 4 is 23.2 Å². The molecule has 0 aliphatic heterocycles. The van der Waals surface area contributed by atoms with E-state index >= 15 is 0 Å². The van der Waals surface area contributed by atoms with Gasteiger partial charge in [0.15, 0.2) is 12.4 Å². The van der Waals surface area contributed by atoms with E-state index in [9.17, 15) is 4.79 Å². The molecule has 0 saturated heterocycles. The second-order valence-corrected chi connectivity index (χ2v) is 3.03. The number of hydrogen-bond acceptors (Lipinski definition) is 3. The van der Waals surface area contributed by atoms with Gasteiger partial charge < -0.3 is 15.8 Å². The highest BCUT2D eigenvalue weighted by molar-refractivity contribution is 6.32. The first-order chi connectivity index (χ1) is 6.65. The number of likely N-dealkylation sites (N-methyl/N-ethyl adjacent to an activating group) is 1. The lowest BCUT2D eigenvalue weighted by molar-refractivity contribution is -0.122. The number of hydrogen-bond donors (Lipinski definition) is 2. The first kappa shape index (κ1) is 10.7. The molecule has 1 amide bonds. The van der Waals surface area contributed by atoms with Crippen LogP contribution in [0.1, 0.15) is 0 Å². The minimum Gasteiger partial charge on any atom is -0.480 e. The molecule has 0 spiro atoms. The lowest BCUT2D eigenvalue weighted by Crippen LogP contribution is -2.25. The van der Waals surface area contributed by atoms with Crippen LogP contribution < -0.4 is 15.8 Å². The van der Waals surface area contributed by atoms with Gasteiger partial charge in [0, 0.05) is 7.05 Å². The first-order valence-corrected chi connectivity index (χ1v) is 4.40. The molecule has 0 bridgehead atoms. The quantitative estimate of drug-likeness (QED) is 0.740. The van der Waals surface area contributed by atoms with Crippen LogP contribution in [0.4, 0.5) is 5.69 Å². The first-order valence-electron chi connectivity index (χ1n) is 4.02.